The van der Waals surface area contributed by atoms with Crippen molar-refractivity contribution in [3.63, 3.8) is 0 Å². The predicted molar refractivity (Wildman–Crippen MR) is 106 cm³/mol. The molecule has 0 saturated heterocycles. The van der Waals surface area contributed by atoms with Crippen molar-refractivity contribution in [3.05, 3.63) is 36.2 Å². The van der Waals surface area contributed by atoms with E-state index in [1.807, 2.05) is 6.92 Å². The first kappa shape index (κ1) is 21.1. The number of methoxy groups -OCH3 is 1. The molecule has 8 heteroatoms. The molecule has 0 fully saturated rings. The number of ether oxygens (including phenoxy) is 2. The zero-order valence-electron chi connectivity index (χ0n) is 16.5. The van der Waals surface area contributed by atoms with Crippen LogP contribution in [-0.4, -0.2) is 35.3 Å². The standard InChI is InChI=1S/C20H25N5O3/c1-13(2)9-20(3,22)12-28-18-15(10-21)7-16(11-24-18)14-5-6-23-17(8-14)25-19(26)27-4/h5-8,11,13H,9,12,22H2,1-4H3,(H,23,25,26)/t20-/m1/s1. The Morgan fingerprint density at radius 1 is 1.36 bits per heavy atom. The van der Waals surface area contributed by atoms with Crippen LogP contribution in [-0.2, 0) is 4.74 Å². The normalized spacial score (nSPS) is 12.8. The van der Waals surface area contributed by atoms with Crippen LogP contribution in [0, 0.1) is 17.2 Å². The Bertz CT molecular complexity index is 874. The average Bonchev–Trinajstić information content (AvgIpc) is 2.65. The van der Waals surface area contributed by atoms with E-state index < -0.39 is 11.6 Å². The zero-order chi connectivity index (χ0) is 20.7. The van der Waals surface area contributed by atoms with Crippen LogP contribution >= 0.6 is 0 Å². The minimum Gasteiger partial charge on any atom is -0.475 e. The van der Waals surface area contributed by atoms with Crippen molar-refractivity contribution < 1.29 is 14.3 Å². The molecular weight excluding hydrogens is 358 g/mol. The van der Waals surface area contributed by atoms with Gasteiger partial charge in [0.25, 0.3) is 0 Å². The van der Waals surface area contributed by atoms with Gasteiger partial charge in [-0.05, 0) is 43.0 Å². The fourth-order valence-electron chi connectivity index (χ4n) is 2.86. The molecule has 8 nitrogen and oxygen atoms in total. The van der Waals surface area contributed by atoms with Gasteiger partial charge in [0.2, 0.25) is 5.88 Å². The summed E-state index contributed by atoms with van der Waals surface area (Å²) >= 11 is 0. The highest BCUT2D eigenvalue weighted by atomic mass is 16.5. The molecule has 1 atom stereocenters. The van der Waals surface area contributed by atoms with Gasteiger partial charge in [-0.3, -0.25) is 5.32 Å². The monoisotopic (exact) mass is 383 g/mol. The van der Waals surface area contributed by atoms with E-state index >= 15 is 0 Å². The van der Waals surface area contributed by atoms with E-state index in [0.717, 1.165) is 12.0 Å². The number of aromatic nitrogens is 2. The van der Waals surface area contributed by atoms with Gasteiger partial charge in [-0.2, -0.15) is 5.26 Å². The van der Waals surface area contributed by atoms with Gasteiger partial charge in [-0.15, -0.1) is 0 Å². The van der Waals surface area contributed by atoms with Gasteiger partial charge in [-0.25, -0.2) is 14.8 Å². The molecule has 0 bridgehead atoms. The number of carbonyl (C=O) groups excluding carboxylic acids is 1. The van der Waals surface area contributed by atoms with Crippen LogP contribution < -0.4 is 15.8 Å². The third-order valence-electron chi connectivity index (χ3n) is 3.89. The fraction of sp³-hybridized carbons (Fsp3) is 0.400. The van der Waals surface area contributed by atoms with Gasteiger partial charge in [0.15, 0.2) is 0 Å². The smallest absolute Gasteiger partial charge is 0.412 e. The Morgan fingerprint density at radius 3 is 2.75 bits per heavy atom. The van der Waals surface area contributed by atoms with Gasteiger partial charge in [0, 0.05) is 23.5 Å². The highest BCUT2D eigenvalue weighted by molar-refractivity contribution is 5.84. The summed E-state index contributed by atoms with van der Waals surface area (Å²) in [6.45, 7) is 6.36. The van der Waals surface area contributed by atoms with Crippen molar-refractivity contribution >= 4 is 11.9 Å². The molecule has 0 spiro atoms. The molecule has 3 N–H and O–H groups in total. The van der Waals surface area contributed by atoms with Crippen molar-refractivity contribution in [1.82, 2.24) is 9.97 Å². The minimum atomic E-state index is -0.615. The van der Waals surface area contributed by atoms with Crippen LogP contribution in [0.1, 0.15) is 32.8 Å². The lowest BCUT2D eigenvalue weighted by Gasteiger charge is -2.26. The maximum Gasteiger partial charge on any atom is 0.412 e. The third kappa shape index (κ3) is 5.93. The van der Waals surface area contributed by atoms with E-state index in [-0.39, 0.29) is 12.5 Å². The summed E-state index contributed by atoms with van der Waals surface area (Å²) in [4.78, 5) is 19.7. The predicted octanol–water partition coefficient (Wildman–Crippen LogP) is 3.34. The van der Waals surface area contributed by atoms with Crippen LogP contribution in [0.2, 0.25) is 0 Å². The van der Waals surface area contributed by atoms with Crippen LogP contribution in [0.3, 0.4) is 0 Å². The topological polar surface area (TPSA) is 123 Å². The Labute approximate surface area is 164 Å². The molecule has 0 aliphatic rings. The molecule has 0 radical (unpaired) electrons. The van der Waals surface area contributed by atoms with Gasteiger partial charge in [-0.1, -0.05) is 13.8 Å². The van der Waals surface area contributed by atoms with Gasteiger partial charge in [0.1, 0.15) is 24.1 Å². The number of carbonyl (C=O) groups is 1. The second-order valence-corrected chi connectivity index (χ2v) is 7.28. The lowest BCUT2D eigenvalue weighted by atomic mass is 9.93. The number of amides is 1. The number of hydrogen-bond acceptors (Lipinski definition) is 7. The highest BCUT2D eigenvalue weighted by Gasteiger charge is 2.22. The van der Waals surface area contributed by atoms with Crippen molar-refractivity contribution in [2.45, 2.75) is 32.7 Å². The summed E-state index contributed by atoms with van der Waals surface area (Å²) in [5.41, 5.74) is 7.48. The molecule has 0 saturated carbocycles. The lowest BCUT2D eigenvalue weighted by Crippen LogP contribution is -2.43. The molecular formula is C20H25N5O3. The summed E-state index contributed by atoms with van der Waals surface area (Å²) in [5.74, 6) is 1.01. The minimum absolute atomic E-state index is 0.244. The van der Waals surface area contributed by atoms with Crippen molar-refractivity contribution in [2.75, 3.05) is 19.0 Å². The molecule has 0 unspecified atom stereocenters. The maximum atomic E-state index is 11.3. The van der Waals surface area contributed by atoms with E-state index in [9.17, 15) is 10.1 Å². The number of nitrogens with one attached hydrogen (secondary N) is 1. The zero-order valence-corrected chi connectivity index (χ0v) is 16.5. The fourth-order valence-corrected chi connectivity index (χ4v) is 2.86. The quantitative estimate of drug-likeness (QED) is 0.751. The Kier molecular flexibility index (Phi) is 6.90. The molecule has 2 heterocycles. The Morgan fingerprint density at radius 2 is 2.11 bits per heavy atom. The van der Waals surface area contributed by atoms with Crippen molar-refractivity contribution in [3.8, 4) is 23.1 Å². The lowest BCUT2D eigenvalue weighted by molar-refractivity contribution is 0.187. The van der Waals surface area contributed by atoms with Gasteiger partial charge >= 0.3 is 6.09 Å². The number of nitrogens with zero attached hydrogens (tertiary/aromatic N) is 3. The molecule has 148 valence electrons. The molecule has 28 heavy (non-hydrogen) atoms. The van der Waals surface area contributed by atoms with Gasteiger partial charge < -0.3 is 15.2 Å². The molecule has 2 rings (SSSR count). The number of pyridine rings is 2. The highest BCUT2D eigenvalue weighted by Crippen LogP contribution is 2.26. The Hall–Kier alpha value is -3.18. The largest absolute Gasteiger partial charge is 0.475 e. The molecule has 0 aliphatic heterocycles. The number of rotatable bonds is 7. The molecule has 2 aromatic heterocycles. The maximum absolute atomic E-state index is 11.3. The number of nitriles is 1. The van der Waals surface area contributed by atoms with Crippen molar-refractivity contribution in [1.29, 1.82) is 5.26 Å². The second kappa shape index (κ2) is 9.15. The van der Waals surface area contributed by atoms with E-state index in [1.165, 1.54) is 7.11 Å². The first-order valence-electron chi connectivity index (χ1n) is 8.87. The third-order valence-corrected chi connectivity index (χ3v) is 3.89. The van der Waals surface area contributed by atoms with E-state index in [0.29, 0.717) is 22.9 Å². The van der Waals surface area contributed by atoms with E-state index in [2.05, 4.69) is 39.9 Å². The molecule has 2 aromatic rings. The van der Waals surface area contributed by atoms with Crippen molar-refractivity contribution in [2.24, 2.45) is 11.7 Å². The van der Waals surface area contributed by atoms with Crippen LogP contribution in [0.4, 0.5) is 10.6 Å². The summed E-state index contributed by atoms with van der Waals surface area (Å²) < 4.78 is 10.3. The average molecular weight is 383 g/mol. The number of hydrogen-bond donors (Lipinski definition) is 2. The summed E-state index contributed by atoms with van der Waals surface area (Å²) in [5, 5.41) is 12.0. The number of nitrogens with two attached hydrogens (primary N) is 1. The molecule has 1 amide bonds. The summed E-state index contributed by atoms with van der Waals surface area (Å²) in [6, 6.07) is 7.19. The SMILES string of the molecule is COC(=O)Nc1cc(-c2cnc(OC[C@](C)(N)CC(C)C)c(C#N)c2)ccn1. The first-order chi connectivity index (χ1) is 13.2. The van der Waals surface area contributed by atoms with E-state index in [4.69, 9.17) is 10.5 Å². The van der Waals surface area contributed by atoms with Crippen LogP contribution in [0.5, 0.6) is 5.88 Å². The first-order valence-corrected chi connectivity index (χ1v) is 8.87. The second-order valence-electron chi connectivity index (χ2n) is 7.28. The molecule has 0 aromatic carbocycles. The van der Waals surface area contributed by atoms with Gasteiger partial charge in [0.05, 0.1) is 7.11 Å². The summed E-state index contributed by atoms with van der Waals surface area (Å²) in [6.07, 6.45) is 3.32. The van der Waals surface area contributed by atoms with Crippen LogP contribution in [0.15, 0.2) is 30.6 Å². The summed E-state index contributed by atoms with van der Waals surface area (Å²) in [7, 11) is 1.27. The number of anilines is 1. The van der Waals surface area contributed by atoms with Crippen LogP contribution in [0.25, 0.3) is 11.1 Å². The molecule has 0 aliphatic carbocycles. The Balaban J connectivity index is 2.20. The van der Waals surface area contributed by atoms with E-state index in [1.54, 1.807) is 30.6 Å².